The van der Waals surface area contributed by atoms with E-state index >= 15 is 0 Å². The molecule has 2 aromatic rings. The summed E-state index contributed by atoms with van der Waals surface area (Å²) in [5.74, 6) is -0.286. The van der Waals surface area contributed by atoms with Crippen molar-refractivity contribution in [2.24, 2.45) is 5.73 Å². The van der Waals surface area contributed by atoms with Crippen molar-refractivity contribution in [2.75, 3.05) is 0 Å². The van der Waals surface area contributed by atoms with Gasteiger partial charge in [-0.15, -0.1) is 5.10 Å². The lowest BCUT2D eigenvalue weighted by atomic mass is 10.1. The highest BCUT2D eigenvalue weighted by atomic mass is 19.1. The van der Waals surface area contributed by atoms with Crippen molar-refractivity contribution in [3.8, 4) is 11.3 Å². The summed E-state index contributed by atoms with van der Waals surface area (Å²) < 4.78 is 15.5. The fourth-order valence-electron chi connectivity index (χ4n) is 1.76. The van der Waals surface area contributed by atoms with Crippen molar-refractivity contribution in [1.29, 1.82) is 0 Å². The number of hydrogen-bond donors (Lipinski definition) is 1. The zero-order chi connectivity index (χ0) is 12.4. The molecule has 1 heterocycles. The molecule has 2 rings (SSSR count). The van der Waals surface area contributed by atoms with Crippen LogP contribution in [-0.4, -0.2) is 15.0 Å². The molecule has 0 amide bonds. The molecule has 0 unspecified atom stereocenters. The molecule has 1 aromatic carbocycles. The highest BCUT2D eigenvalue weighted by Gasteiger charge is 2.18. The summed E-state index contributed by atoms with van der Waals surface area (Å²) in [4.78, 5) is 0. The van der Waals surface area contributed by atoms with E-state index in [2.05, 4.69) is 10.3 Å². The van der Waals surface area contributed by atoms with E-state index < -0.39 is 0 Å². The average Bonchev–Trinajstić information content (AvgIpc) is 2.73. The average molecular weight is 234 g/mol. The van der Waals surface area contributed by atoms with Crippen molar-refractivity contribution < 1.29 is 4.39 Å². The highest BCUT2D eigenvalue weighted by Crippen LogP contribution is 2.26. The molecule has 17 heavy (non-hydrogen) atoms. The van der Waals surface area contributed by atoms with Gasteiger partial charge in [-0.3, -0.25) is 0 Å². The molecule has 0 fully saturated rings. The van der Waals surface area contributed by atoms with Crippen LogP contribution in [-0.2, 0) is 6.54 Å². The second-order valence-corrected chi connectivity index (χ2v) is 4.11. The minimum atomic E-state index is -0.286. The summed E-state index contributed by atoms with van der Waals surface area (Å²) in [6, 6.07) is 6.69. The predicted octanol–water partition coefficient (Wildman–Crippen LogP) is 2.12. The minimum Gasteiger partial charge on any atom is -0.325 e. The molecule has 0 spiro atoms. The van der Waals surface area contributed by atoms with Crippen LogP contribution in [0, 0.1) is 5.82 Å². The number of nitrogens with two attached hydrogens (primary N) is 1. The summed E-state index contributed by atoms with van der Waals surface area (Å²) in [5.41, 5.74) is 7.39. The second kappa shape index (κ2) is 4.63. The molecule has 0 aliphatic heterocycles. The number of nitrogens with zero attached hydrogens (tertiary/aromatic N) is 3. The maximum Gasteiger partial charge on any atom is 0.132 e. The molecule has 0 aliphatic rings. The normalized spacial score (nSPS) is 11.1. The van der Waals surface area contributed by atoms with Gasteiger partial charge >= 0.3 is 0 Å². The number of halogens is 1. The van der Waals surface area contributed by atoms with Crippen LogP contribution in [0.25, 0.3) is 11.3 Å². The molecule has 0 atom stereocenters. The molecular formula is C12H15FN4. The Hall–Kier alpha value is -1.75. The Morgan fingerprint density at radius 2 is 2.06 bits per heavy atom. The van der Waals surface area contributed by atoms with Gasteiger partial charge < -0.3 is 5.73 Å². The van der Waals surface area contributed by atoms with Crippen LogP contribution in [0.15, 0.2) is 24.3 Å². The number of hydrogen-bond acceptors (Lipinski definition) is 3. The molecule has 0 saturated carbocycles. The number of aromatic nitrogens is 3. The third-order valence-electron chi connectivity index (χ3n) is 2.58. The molecule has 0 radical (unpaired) electrons. The van der Waals surface area contributed by atoms with E-state index in [1.54, 1.807) is 22.9 Å². The topological polar surface area (TPSA) is 56.7 Å². The quantitative estimate of drug-likeness (QED) is 0.885. The van der Waals surface area contributed by atoms with Crippen LogP contribution >= 0.6 is 0 Å². The SMILES string of the molecule is CC(C)n1nnc(CN)c1-c1ccccc1F. The van der Waals surface area contributed by atoms with Crippen molar-refractivity contribution in [1.82, 2.24) is 15.0 Å². The second-order valence-electron chi connectivity index (χ2n) is 4.11. The van der Waals surface area contributed by atoms with Crippen molar-refractivity contribution in [3.05, 3.63) is 35.8 Å². The summed E-state index contributed by atoms with van der Waals surface area (Å²) in [7, 11) is 0. The number of benzene rings is 1. The third-order valence-corrected chi connectivity index (χ3v) is 2.58. The van der Waals surface area contributed by atoms with Gasteiger partial charge in [0.25, 0.3) is 0 Å². The molecular weight excluding hydrogens is 219 g/mol. The Bertz CT molecular complexity index is 519. The van der Waals surface area contributed by atoms with E-state index in [0.29, 0.717) is 17.0 Å². The van der Waals surface area contributed by atoms with E-state index in [-0.39, 0.29) is 18.4 Å². The minimum absolute atomic E-state index is 0.109. The van der Waals surface area contributed by atoms with Gasteiger partial charge in [-0.05, 0) is 26.0 Å². The van der Waals surface area contributed by atoms with Gasteiger partial charge in [-0.1, -0.05) is 17.3 Å². The Kier molecular flexibility index (Phi) is 3.19. The molecule has 2 N–H and O–H groups in total. The van der Waals surface area contributed by atoms with Crippen LogP contribution in [0.4, 0.5) is 4.39 Å². The Labute approximate surface area is 99.2 Å². The van der Waals surface area contributed by atoms with Gasteiger partial charge in [-0.25, -0.2) is 9.07 Å². The zero-order valence-corrected chi connectivity index (χ0v) is 9.89. The van der Waals surface area contributed by atoms with Crippen LogP contribution < -0.4 is 5.73 Å². The predicted molar refractivity (Wildman–Crippen MR) is 63.7 cm³/mol. The van der Waals surface area contributed by atoms with Gasteiger partial charge in [0.15, 0.2) is 0 Å². The fourth-order valence-corrected chi connectivity index (χ4v) is 1.76. The summed E-state index contributed by atoms with van der Waals surface area (Å²) in [6.45, 7) is 4.19. The molecule has 0 aliphatic carbocycles. The first-order valence-electron chi connectivity index (χ1n) is 5.54. The molecule has 1 aromatic heterocycles. The smallest absolute Gasteiger partial charge is 0.132 e. The van der Waals surface area contributed by atoms with E-state index in [9.17, 15) is 4.39 Å². The summed E-state index contributed by atoms with van der Waals surface area (Å²) in [5, 5.41) is 8.02. The maximum absolute atomic E-state index is 13.8. The molecule has 5 heteroatoms. The third kappa shape index (κ3) is 2.06. The lowest BCUT2D eigenvalue weighted by Gasteiger charge is -2.11. The zero-order valence-electron chi connectivity index (χ0n) is 9.89. The summed E-state index contributed by atoms with van der Waals surface area (Å²) in [6.07, 6.45) is 0. The van der Waals surface area contributed by atoms with Crippen LogP contribution in [0.5, 0.6) is 0 Å². The number of rotatable bonds is 3. The maximum atomic E-state index is 13.8. The van der Waals surface area contributed by atoms with Gasteiger partial charge in [0.05, 0.1) is 5.69 Å². The first-order chi connectivity index (χ1) is 8.15. The molecule has 90 valence electrons. The van der Waals surface area contributed by atoms with E-state index in [4.69, 9.17) is 5.73 Å². The Morgan fingerprint density at radius 1 is 1.35 bits per heavy atom. The van der Waals surface area contributed by atoms with Gasteiger partial charge in [0, 0.05) is 18.2 Å². The van der Waals surface area contributed by atoms with Crippen molar-refractivity contribution in [2.45, 2.75) is 26.4 Å². The van der Waals surface area contributed by atoms with E-state index in [0.717, 1.165) is 0 Å². The Balaban J connectivity index is 2.64. The monoisotopic (exact) mass is 234 g/mol. The lowest BCUT2D eigenvalue weighted by molar-refractivity contribution is 0.517. The lowest BCUT2D eigenvalue weighted by Crippen LogP contribution is -2.07. The highest BCUT2D eigenvalue weighted by molar-refractivity contribution is 5.62. The molecule has 4 nitrogen and oxygen atoms in total. The van der Waals surface area contributed by atoms with Crippen LogP contribution in [0.3, 0.4) is 0 Å². The van der Waals surface area contributed by atoms with E-state index in [1.165, 1.54) is 6.07 Å². The van der Waals surface area contributed by atoms with Crippen molar-refractivity contribution >= 4 is 0 Å². The standard InChI is InChI=1S/C12H15FN4/c1-8(2)17-12(11(7-14)15-16-17)9-5-3-4-6-10(9)13/h3-6,8H,7,14H2,1-2H3. The Morgan fingerprint density at radius 3 is 2.65 bits per heavy atom. The van der Waals surface area contributed by atoms with Gasteiger partial charge in [0.1, 0.15) is 11.5 Å². The summed E-state index contributed by atoms with van der Waals surface area (Å²) >= 11 is 0. The fraction of sp³-hybridized carbons (Fsp3) is 0.333. The first-order valence-corrected chi connectivity index (χ1v) is 5.54. The molecule has 0 bridgehead atoms. The van der Waals surface area contributed by atoms with Crippen LogP contribution in [0.2, 0.25) is 0 Å². The van der Waals surface area contributed by atoms with E-state index in [1.807, 2.05) is 13.8 Å². The van der Waals surface area contributed by atoms with Gasteiger partial charge in [0.2, 0.25) is 0 Å². The largest absolute Gasteiger partial charge is 0.325 e. The van der Waals surface area contributed by atoms with Crippen LogP contribution in [0.1, 0.15) is 25.6 Å². The molecule has 0 saturated heterocycles. The van der Waals surface area contributed by atoms with Crippen molar-refractivity contribution in [3.63, 3.8) is 0 Å². The van der Waals surface area contributed by atoms with Gasteiger partial charge in [-0.2, -0.15) is 0 Å². The first kappa shape index (κ1) is 11.7.